The number of hydrogen-bond acceptors (Lipinski definition) is 2. The molecule has 0 spiro atoms. The Hall–Kier alpha value is -1.51. The molecule has 0 aromatic heterocycles. The van der Waals surface area contributed by atoms with Crippen LogP contribution in [0.1, 0.15) is 38.7 Å². The summed E-state index contributed by atoms with van der Waals surface area (Å²) in [4.78, 5) is 11.7. The monoisotopic (exact) mass is 247 g/mol. The first-order valence-corrected chi connectivity index (χ1v) is 6.52. The first-order chi connectivity index (χ1) is 8.55. The second-order valence-corrected chi connectivity index (χ2v) is 5.81. The molecule has 1 aromatic carbocycles. The van der Waals surface area contributed by atoms with Crippen molar-refractivity contribution in [2.75, 3.05) is 0 Å². The fraction of sp³-hybridized carbons (Fsp3) is 0.533. The lowest BCUT2D eigenvalue weighted by Gasteiger charge is -2.17. The molecule has 1 N–H and O–H groups in total. The third kappa shape index (κ3) is 3.76. The second-order valence-electron chi connectivity index (χ2n) is 5.81. The van der Waals surface area contributed by atoms with Crippen molar-refractivity contribution in [3.05, 3.63) is 35.9 Å². The van der Waals surface area contributed by atoms with Crippen LogP contribution in [0.15, 0.2) is 30.3 Å². The highest BCUT2D eigenvalue weighted by molar-refractivity contribution is 5.67. The lowest BCUT2D eigenvalue weighted by Crippen LogP contribution is -2.33. The van der Waals surface area contributed by atoms with E-state index in [1.165, 1.54) is 0 Å². The lowest BCUT2D eigenvalue weighted by atomic mass is 9.92. The van der Waals surface area contributed by atoms with E-state index >= 15 is 0 Å². The average Bonchev–Trinajstić information content (AvgIpc) is 2.67. The fourth-order valence-electron chi connectivity index (χ4n) is 2.49. The maximum atomic E-state index is 11.7. The Morgan fingerprint density at radius 3 is 2.72 bits per heavy atom. The van der Waals surface area contributed by atoms with Crippen molar-refractivity contribution in [1.82, 2.24) is 5.32 Å². The van der Waals surface area contributed by atoms with Gasteiger partial charge in [-0.15, -0.1) is 0 Å². The van der Waals surface area contributed by atoms with Crippen molar-refractivity contribution in [2.45, 2.75) is 45.8 Å². The minimum absolute atomic E-state index is 0.267. The number of hydrogen-bond donors (Lipinski definition) is 1. The quantitative estimate of drug-likeness (QED) is 0.888. The molecule has 1 fully saturated rings. The van der Waals surface area contributed by atoms with Crippen LogP contribution in [0, 0.1) is 5.41 Å². The molecule has 0 saturated heterocycles. The van der Waals surface area contributed by atoms with Gasteiger partial charge >= 0.3 is 6.09 Å². The van der Waals surface area contributed by atoms with Crippen molar-refractivity contribution in [3.63, 3.8) is 0 Å². The van der Waals surface area contributed by atoms with Crippen molar-refractivity contribution >= 4 is 6.09 Å². The van der Waals surface area contributed by atoms with E-state index in [1.54, 1.807) is 0 Å². The molecule has 98 valence electrons. The highest BCUT2D eigenvalue weighted by Crippen LogP contribution is 2.36. The summed E-state index contributed by atoms with van der Waals surface area (Å²) in [6.07, 6.45) is 2.94. The van der Waals surface area contributed by atoms with E-state index in [0.29, 0.717) is 12.0 Å². The minimum atomic E-state index is -0.304. The van der Waals surface area contributed by atoms with Gasteiger partial charge in [0, 0.05) is 6.04 Å². The third-order valence-corrected chi connectivity index (χ3v) is 3.50. The molecule has 0 bridgehead atoms. The molecule has 1 amide bonds. The van der Waals surface area contributed by atoms with Crippen LogP contribution >= 0.6 is 0 Å². The predicted octanol–water partition coefficient (Wildman–Crippen LogP) is 3.49. The molecule has 1 unspecified atom stereocenters. The Kier molecular flexibility index (Phi) is 3.90. The van der Waals surface area contributed by atoms with E-state index in [0.717, 1.165) is 24.8 Å². The van der Waals surface area contributed by atoms with Gasteiger partial charge in [-0.2, -0.15) is 0 Å². The zero-order chi connectivity index (χ0) is 13.0. The topological polar surface area (TPSA) is 38.3 Å². The standard InChI is InChI=1S/C15H21NO2/c1-15(2)9-8-13(10-15)16-14(17)18-11-12-6-4-3-5-7-12/h3-7,13H,8-11H2,1-2H3,(H,16,17). The Morgan fingerprint density at radius 1 is 1.39 bits per heavy atom. The van der Waals surface area contributed by atoms with Gasteiger partial charge in [0.2, 0.25) is 0 Å². The summed E-state index contributed by atoms with van der Waals surface area (Å²) in [5.41, 5.74) is 1.36. The number of alkyl carbamates (subject to hydrolysis) is 1. The Morgan fingerprint density at radius 2 is 2.11 bits per heavy atom. The van der Waals surface area contributed by atoms with Crippen LogP contribution < -0.4 is 5.32 Å². The highest BCUT2D eigenvalue weighted by Gasteiger charge is 2.31. The van der Waals surface area contributed by atoms with Crippen molar-refractivity contribution in [1.29, 1.82) is 0 Å². The molecule has 3 nitrogen and oxygen atoms in total. The number of benzene rings is 1. The van der Waals surface area contributed by atoms with Gasteiger partial charge in [0.1, 0.15) is 6.61 Å². The van der Waals surface area contributed by atoms with Crippen molar-refractivity contribution in [3.8, 4) is 0 Å². The van der Waals surface area contributed by atoms with Gasteiger partial charge in [-0.05, 0) is 30.2 Å². The third-order valence-electron chi connectivity index (χ3n) is 3.50. The number of ether oxygens (including phenoxy) is 1. The van der Waals surface area contributed by atoms with Crippen LogP contribution in [0.5, 0.6) is 0 Å². The molecule has 0 heterocycles. The van der Waals surface area contributed by atoms with Crippen LogP contribution in [0.4, 0.5) is 4.79 Å². The number of carbonyl (C=O) groups excluding carboxylic acids is 1. The molecule has 0 radical (unpaired) electrons. The molecule has 1 atom stereocenters. The maximum Gasteiger partial charge on any atom is 0.407 e. The number of amides is 1. The molecular formula is C15H21NO2. The van der Waals surface area contributed by atoms with Gasteiger partial charge < -0.3 is 10.1 Å². The van der Waals surface area contributed by atoms with E-state index in [2.05, 4.69) is 19.2 Å². The normalized spacial score (nSPS) is 21.6. The van der Waals surface area contributed by atoms with Gasteiger partial charge in [-0.3, -0.25) is 0 Å². The largest absolute Gasteiger partial charge is 0.445 e. The Labute approximate surface area is 109 Å². The SMILES string of the molecule is CC1(C)CCC(NC(=O)OCc2ccccc2)C1. The van der Waals surface area contributed by atoms with Crippen LogP contribution in [-0.4, -0.2) is 12.1 Å². The Bertz CT molecular complexity index is 400. The summed E-state index contributed by atoms with van der Waals surface area (Å²) >= 11 is 0. The number of carbonyl (C=O) groups is 1. The van der Waals surface area contributed by atoms with Gasteiger partial charge in [0.05, 0.1) is 0 Å². The zero-order valence-corrected chi connectivity index (χ0v) is 11.1. The fourth-order valence-corrected chi connectivity index (χ4v) is 2.49. The van der Waals surface area contributed by atoms with Gasteiger partial charge in [0.25, 0.3) is 0 Å². The van der Waals surface area contributed by atoms with Crippen LogP contribution in [0.2, 0.25) is 0 Å². The summed E-state index contributed by atoms with van der Waals surface area (Å²) in [5.74, 6) is 0. The van der Waals surface area contributed by atoms with Gasteiger partial charge in [-0.1, -0.05) is 44.2 Å². The molecule has 2 rings (SSSR count). The second kappa shape index (κ2) is 5.42. The van der Waals surface area contributed by atoms with E-state index in [9.17, 15) is 4.79 Å². The van der Waals surface area contributed by atoms with Gasteiger partial charge in [0.15, 0.2) is 0 Å². The summed E-state index contributed by atoms with van der Waals surface area (Å²) in [6.45, 7) is 4.82. The number of rotatable bonds is 3. The molecular weight excluding hydrogens is 226 g/mol. The van der Waals surface area contributed by atoms with Crippen LogP contribution in [0.25, 0.3) is 0 Å². The van der Waals surface area contributed by atoms with E-state index in [-0.39, 0.29) is 12.1 Å². The molecule has 1 aromatic rings. The summed E-state index contributed by atoms with van der Waals surface area (Å²) < 4.78 is 5.21. The van der Waals surface area contributed by atoms with Crippen LogP contribution in [-0.2, 0) is 11.3 Å². The number of nitrogens with one attached hydrogen (secondary N) is 1. The molecule has 1 aliphatic carbocycles. The molecule has 3 heteroatoms. The predicted molar refractivity (Wildman–Crippen MR) is 71.2 cm³/mol. The first-order valence-electron chi connectivity index (χ1n) is 6.52. The van der Waals surface area contributed by atoms with Crippen molar-refractivity contribution in [2.24, 2.45) is 5.41 Å². The van der Waals surface area contributed by atoms with E-state index in [4.69, 9.17) is 4.74 Å². The van der Waals surface area contributed by atoms with Crippen LogP contribution in [0.3, 0.4) is 0 Å². The first kappa shape index (κ1) is 12.9. The van der Waals surface area contributed by atoms with Gasteiger partial charge in [-0.25, -0.2) is 4.79 Å². The summed E-state index contributed by atoms with van der Waals surface area (Å²) in [6, 6.07) is 10.00. The van der Waals surface area contributed by atoms with E-state index in [1.807, 2.05) is 30.3 Å². The Balaban J connectivity index is 1.73. The molecule has 1 saturated carbocycles. The maximum absolute atomic E-state index is 11.7. The summed E-state index contributed by atoms with van der Waals surface area (Å²) in [5, 5.41) is 2.94. The summed E-state index contributed by atoms with van der Waals surface area (Å²) in [7, 11) is 0. The molecule has 0 aliphatic heterocycles. The smallest absolute Gasteiger partial charge is 0.407 e. The molecule has 18 heavy (non-hydrogen) atoms. The van der Waals surface area contributed by atoms with Crippen molar-refractivity contribution < 1.29 is 9.53 Å². The molecule has 1 aliphatic rings. The minimum Gasteiger partial charge on any atom is -0.445 e. The van der Waals surface area contributed by atoms with E-state index < -0.39 is 0 Å². The average molecular weight is 247 g/mol. The highest BCUT2D eigenvalue weighted by atomic mass is 16.5. The lowest BCUT2D eigenvalue weighted by molar-refractivity contribution is 0.135. The zero-order valence-electron chi connectivity index (χ0n) is 11.1.